The van der Waals surface area contributed by atoms with Crippen LogP contribution in [0.25, 0.3) is 0 Å². The monoisotopic (exact) mass is 293 g/mol. The minimum Gasteiger partial charge on any atom is -0.385 e. The fourth-order valence-corrected chi connectivity index (χ4v) is 4.15. The third-order valence-corrected chi connectivity index (χ3v) is 4.40. The summed E-state index contributed by atoms with van der Waals surface area (Å²) in [4.78, 5) is 4.50. The van der Waals surface area contributed by atoms with E-state index in [0.29, 0.717) is 16.9 Å². The summed E-state index contributed by atoms with van der Waals surface area (Å²) in [5, 5.41) is 3.45. The van der Waals surface area contributed by atoms with Crippen LogP contribution < -0.4 is 5.32 Å². The molecule has 0 saturated heterocycles. The summed E-state index contributed by atoms with van der Waals surface area (Å²) in [5.41, 5.74) is 0.786. The second-order valence-electron chi connectivity index (χ2n) is 8.00. The van der Waals surface area contributed by atoms with Crippen molar-refractivity contribution >= 4 is 5.95 Å². The predicted molar refractivity (Wildman–Crippen MR) is 87.7 cm³/mol. The van der Waals surface area contributed by atoms with E-state index in [1.165, 1.54) is 19.3 Å². The van der Waals surface area contributed by atoms with E-state index in [0.717, 1.165) is 25.5 Å². The van der Waals surface area contributed by atoms with Crippen molar-refractivity contribution < 1.29 is 4.74 Å². The number of ether oxygens (including phenoxy) is 1. The molecule has 0 aliphatic heterocycles. The van der Waals surface area contributed by atoms with E-state index in [2.05, 4.69) is 48.8 Å². The van der Waals surface area contributed by atoms with E-state index in [1.807, 2.05) is 6.20 Å². The fraction of sp³-hybridized carbons (Fsp3) is 0.824. The Morgan fingerprint density at radius 3 is 2.57 bits per heavy atom. The predicted octanol–water partition coefficient (Wildman–Crippen LogP) is 4.11. The van der Waals surface area contributed by atoms with Gasteiger partial charge >= 0.3 is 0 Å². The summed E-state index contributed by atoms with van der Waals surface area (Å²) in [6, 6.07) is 0.538. The van der Waals surface area contributed by atoms with E-state index in [-0.39, 0.29) is 0 Å². The first-order valence-electron chi connectivity index (χ1n) is 8.09. The van der Waals surface area contributed by atoms with Gasteiger partial charge in [0.2, 0.25) is 5.95 Å². The third kappa shape index (κ3) is 4.47. The van der Waals surface area contributed by atoms with Gasteiger partial charge in [-0.3, -0.25) is 0 Å². The van der Waals surface area contributed by atoms with E-state index < -0.39 is 0 Å². The number of methoxy groups -OCH3 is 1. The molecule has 1 aliphatic carbocycles. The number of rotatable bonds is 6. The van der Waals surface area contributed by atoms with Crippen LogP contribution in [-0.4, -0.2) is 29.8 Å². The molecule has 120 valence electrons. The Labute approximate surface area is 129 Å². The molecule has 0 radical (unpaired) electrons. The topological polar surface area (TPSA) is 39.1 Å². The minimum atomic E-state index is 0.393. The van der Waals surface area contributed by atoms with Gasteiger partial charge in [-0.2, -0.15) is 0 Å². The van der Waals surface area contributed by atoms with E-state index in [9.17, 15) is 0 Å². The molecule has 2 rings (SSSR count). The Balaban J connectivity index is 2.06. The van der Waals surface area contributed by atoms with Gasteiger partial charge in [0.25, 0.3) is 0 Å². The molecule has 21 heavy (non-hydrogen) atoms. The number of hydrogen-bond acceptors (Lipinski definition) is 3. The van der Waals surface area contributed by atoms with Crippen LogP contribution >= 0.6 is 0 Å². The molecule has 1 saturated carbocycles. The van der Waals surface area contributed by atoms with Crippen molar-refractivity contribution in [3.8, 4) is 0 Å². The Morgan fingerprint density at radius 1 is 1.29 bits per heavy atom. The average molecular weight is 293 g/mol. The second-order valence-corrected chi connectivity index (χ2v) is 8.00. The Morgan fingerprint density at radius 2 is 1.95 bits per heavy atom. The van der Waals surface area contributed by atoms with Crippen LogP contribution in [0.3, 0.4) is 0 Å². The van der Waals surface area contributed by atoms with Gasteiger partial charge in [0, 0.05) is 38.7 Å². The van der Waals surface area contributed by atoms with Gasteiger partial charge in [-0.15, -0.1) is 0 Å². The normalized spacial score (nSPS) is 21.4. The van der Waals surface area contributed by atoms with Crippen molar-refractivity contribution in [3.05, 3.63) is 12.4 Å². The van der Waals surface area contributed by atoms with Gasteiger partial charge in [-0.25, -0.2) is 4.98 Å². The molecule has 1 fully saturated rings. The summed E-state index contributed by atoms with van der Waals surface area (Å²) in [6.07, 6.45) is 8.78. The number of hydrogen-bond donors (Lipinski definition) is 1. The van der Waals surface area contributed by atoms with Crippen molar-refractivity contribution in [2.24, 2.45) is 10.8 Å². The lowest BCUT2D eigenvalue weighted by Crippen LogP contribution is -2.35. The first-order valence-corrected chi connectivity index (χ1v) is 8.09. The summed E-state index contributed by atoms with van der Waals surface area (Å²) >= 11 is 0. The number of nitrogens with one attached hydrogen (secondary N) is 1. The molecule has 4 heteroatoms. The molecule has 1 aliphatic rings. The maximum atomic E-state index is 5.10. The number of anilines is 1. The molecule has 0 unspecified atom stereocenters. The SMILES string of the molecule is COCCCNc1nccn1C1CC(C)(C)CC(C)(C)C1. The molecule has 0 atom stereocenters. The Kier molecular flexibility index (Phi) is 4.97. The van der Waals surface area contributed by atoms with Gasteiger partial charge in [-0.1, -0.05) is 27.7 Å². The van der Waals surface area contributed by atoms with Crippen molar-refractivity contribution in [2.75, 3.05) is 25.6 Å². The summed E-state index contributed by atoms with van der Waals surface area (Å²) < 4.78 is 7.44. The average Bonchev–Trinajstić information content (AvgIpc) is 2.79. The van der Waals surface area contributed by atoms with Crippen LogP contribution in [0.1, 0.15) is 59.4 Å². The van der Waals surface area contributed by atoms with Gasteiger partial charge in [-0.05, 0) is 36.5 Å². The minimum absolute atomic E-state index is 0.393. The quantitative estimate of drug-likeness (QED) is 0.802. The van der Waals surface area contributed by atoms with Crippen LogP contribution in [0.2, 0.25) is 0 Å². The maximum Gasteiger partial charge on any atom is 0.203 e. The Hall–Kier alpha value is -1.03. The smallest absolute Gasteiger partial charge is 0.203 e. The van der Waals surface area contributed by atoms with E-state index in [1.54, 1.807) is 7.11 Å². The van der Waals surface area contributed by atoms with Gasteiger partial charge in [0.05, 0.1) is 0 Å². The van der Waals surface area contributed by atoms with Gasteiger partial charge in [0.15, 0.2) is 0 Å². The zero-order valence-corrected chi connectivity index (χ0v) is 14.3. The highest BCUT2D eigenvalue weighted by Gasteiger charge is 2.39. The molecular weight excluding hydrogens is 262 g/mol. The third-order valence-electron chi connectivity index (χ3n) is 4.40. The highest BCUT2D eigenvalue weighted by atomic mass is 16.5. The van der Waals surface area contributed by atoms with Crippen molar-refractivity contribution in [2.45, 2.75) is 59.4 Å². The molecule has 1 aromatic rings. The lowest BCUT2D eigenvalue weighted by Gasteiger charge is -2.45. The molecule has 1 aromatic heterocycles. The van der Waals surface area contributed by atoms with Crippen LogP contribution in [0, 0.1) is 10.8 Å². The first-order chi connectivity index (χ1) is 9.83. The summed E-state index contributed by atoms with van der Waals surface area (Å²) in [5.74, 6) is 1.00. The van der Waals surface area contributed by atoms with Crippen molar-refractivity contribution in [3.63, 3.8) is 0 Å². The number of imidazole rings is 1. The van der Waals surface area contributed by atoms with Crippen LogP contribution in [0.4, 0.5) is 5.95 Å². The number of aromatic nitrogens is 2. The largest absolute Gasteiger partial charge is 0.385 e. The number of nitrogens with zero attached hydrogens (tertiary/aromatic N) is 2. The standard InChI is InChI=1S/C17H31N3O/c1-16(2)11-14(12-17(3,4)13-16)20-9-8-19-15(20)18-7-6-10-21-5/h8-9,14H,6-7,10-13H2,1-5H3,(H,18,19). The molecule has 0 bridgehead atoms. The lowest BCUT2D eigenvalue weighted by atomic mass is 9.63. The lowest BCUT2D eigenvalue weighted by molar-refractivity contribution is 0.0730. The van der Waals surface area contributed by atoms with Crippen LogP contribution in [-0.2, 0) is 4.74 Å². The summed E-state index contributed by atoms with van der Waals surface area (Å²) in [7, 11) is 1.74. The summed E-state index contributed by atoms with van der Waals surface area (Å²) in [6.45, 7) is 11.3. The molecule has 1 heterocycles. The fourth-order valence-electron chi connectivity index (χ4n) is 4.15. The van der Waals surface area contributed by atoms with Gasteiger partial charge < -0.3 is 14.6 Å². The molecule has 4 nitrogen and oxygen atoms in total. The van der Waals surface area contributed by atoms with E-state index in [4.69, 9.17) is 4.74 Å². The first kappa shape index (κ1) is 16.3. The van der Waals surface area contributed by atoms with Crippen molar-refractivity contribution in [1.82, 2.24) is 9.55 Å². The molecule has 0 spiro atoms. The highest BCUT2D eigenvalue weighted by molar-refractivity contribution is 5.27. The van der Waals surface area contributed by atoms with Crippen LogP contribution in [0.15, 0.2) is 12.4 Å². The van der Waals surface area contributed by atoms with Crippen LogP contribution in [0.5, 0.6) is 0 Å². The van der Waals surface area contributed by atoms with E-state index >= 15 is 0 Å². The molecule has 0 aromatic carbocycles. The van der Waals surface area contributed by atoms with Gasteiger partial charge in [0.1, 0.15) is 0 Å². The zero-order valence-electron chi connectivity index (χ0n) is 14.3. The molecular formula is C17H31N3O. The highest BCUT2D eigenvalue weighted by Crippen LogP contribution is 2.50. The van der Waals surface area contributed by atoms with Crippen molar-refractivity contribution in [1.29, 1.82) is 0 Å². The molecule has 0 amide bonds. The second kappa shape index (κ2) is 6.39. The maximum absolute atomic E-state index is 5.10. The molecule has 1 N–H and O–H groups in total. The zero-order chi connectivity index (χ0) is 15.5. The Bertz CT molecular complexity index is 435.